The molecular weight excluding hydrogens is 435 g/mol. The molecule has 1 aliphatic heterocycles. The van der Waals surface area contributed by atoms with Crippen LogP contribution in [0, 0.1) is 12.8 Å². The lowest BCUT2D eigenvalue weighted by atomic mass is 9.96. The Morgan fingerprint density at radius 3 is 2.34 bits per heavy atom. The van der Waals surface area contributed by atoms with Crippen LogP contribution in [-0.2, 0) is 14.8 Å². The SMILES string of the molecule is Cc1cccc(N2CCN(S(=O)(=O)CC(=O)NC(C)(CN)C3CC3)CC2)c1.Cl.Cl. The van der Waals surface area contributed by atoms with Gasteiger partial charge in [-0.25, -0.2) is 8.42 Å². The van der Waals surface area contributed by atoms with Gasteiger partial charge in [0.15, 0.2) is 0 Å². The van der Waals surface area contributed by atoms with Gasteiger partial charge >= 0.3 is 0 Å². The van der Waals surface area contributed by atoms with E-state index in [-0.39, 0.29) is 24.8 Å². The average Bonchev–Trinajstić information content (AvgIpc) is 3.47. The third kappa shape index (κ3) is 6.46. The second-order valence-corrected chi connectivity index (χ2v) is 9.89. The lowest BCUT2D eigenvalue weighted by molar-refractivity contribution is -0.120. The van der Waals surface area contributed by atoms with E-state index in [4.69, 9.17) is 5.73 Å². The fourth-order valence-electron chi connectivity index (χ4n) is 3.70. The number of rotatable bonds is 7. The molecule has 0 aromatic heterocycles. The van der Waals surface area contributed by atoms with Gasteiger partial charge in [0, 0.05) is 38.4 Å². The van der Waals surface area contributed by atoms with Crippen LogP contribution in [0.3, 0.4) is 0 Å². The third-order valence-corrected chi connectivity index (χ3v) is 7.42. The van der Waals surface area contributed by atoms with Crippen molar-refractivity contribution < 1.29 is 13.2 Å². The van der Waals surface area contributed by atoms with Crippen molar-refractivity contribution >= 4 is 46.4 Å². The van der Waals surface area contributed by atoms with Crippen LogP contribution in [0.25, 0.3) is 0 Å². The zero-order chi connectivity index (χ0) is 19.7. The molecule has 0 radical (unpaired) electrons. The molecular formula is C19H32Cl2N4O3S. The number of carbonyl (C=O) groups excluding carboxylic acids is 1. The van der Waals surface area contributed by atoms with Crippen LogP contribution in [0.2, 0.25) is 0 Å². The minimum absolute atomic E-state index is 0. The highest BCUT2D eigenvalue weighted by molar-refractivity contribution is 7.89. The minimum atomic E-state index is -3.63. The largest absolute Gasteiger partial charge is 0.369 e. The number of amides is 1. The van der Waals surface area contributed by atoms with E-state index in [1.807, 2.05) is 32.0 Å². The highest BCUT2D eigenvalue weighted by atomic mass is 35.5. The summed E-state index contributed by atoms with van der Waals surface area (Å²) in [4.78, 5) is 14.5. The molecule has 7 nitrogen and oxygen atoms in total. The summed E-state index contributed by atoms with van der Waals surface area (Å²) >= 11 is 0. The molecule has 0 bridgehead atoms. The van der Waals surface area contributed by atoms with E-state index in [9.17, 15) is 13.2 Å². The van der Waals surface area contributed by atoms with Crippen molar-refractivity contribution in [3.05, 3.63) is 29.8 Å². The topological polar surface area (TPSA) is 95.7 Å². The van der Waals surface area contributed by atoms with E-state index < -0.39 is 27.2 Å². The van der Waals surface area contributed by atoms with E-state index in [1.54, 1.807) is 0 Å². The number of sulfonamides is 1. The Kier molecular flexibility index (Phi) is 9.23. The standard InChI is InChI=1S/C19H30N4O3S.2ClH/c1-15-4-3-5-17(12-15)22-8-10-23(11-9-22)27(25,26)13-18(24)21-19(2,14-20)16-6-7-16;;/h3-5,12,16H,6-11,13-14,20H2,1-2H3,(H,21,24);2*1H. The summed E-state index contributed by atoms with van der Waals surface area (Å²) in [6.45, 7) is 6.27. The number of nitrogens with zero attached hydrogens (tertiary/aromatic N) is 2. The van der Waals surface area contributed by atoms with Crippen molar-refractivity contribution in [3.8, 4) is 0 Å². The first kappa shape index (κ1) is 26.0. The molecule has 166 valence electrons. The van der Waals surface area contributed by atoms with Gasteiger partial charge in [-0.3, -0.25) is 4.79 Å². The van der Waals surface area contributed by atoms with Gasteiger partial charge in [0.1, 0.15) is 5.75 Å². The molecule has 1 atom stereocenters. The van der Waals surface area contributed by atoms with E-state index in [1.165, 1.54) is 9.87 Å². The fourth-order valence-corrected chi connectivity index (χ4v) is 5.01. The van der Waals surface area contributed by atoms with Gasteiger partial charge in [0.25, 0.3) is 0 Å². The first-order chi connectivity index (χ1) is 12.7. The quantitative estimate of drug-likeness (QED) is 0.634. The number of halogens is 2. The zero-order valence-corrected chi connectivity index (χ0v) is 19.4. The van der Waals surface area contributed by atoms with E-state index in [2.05, 4.69) is 16.3 Å². The number of carbonyl (C=O) groups is 1. The molecule has 10 heteroatoms. The number of hydrogen-bond donors (Lipinski definition) is 2. The average molecular weight is 467 g/mol. The molecule has 1 aliphatic carbocycles. The van der Waals surface area contributed by atoms with E-state index >= 15 is 0 Å². The van der Waals surface area contributed by atoms with Crippen molar-refractivity contribution in [2.24, 2.45) is 11.7 Å². The molecule has 1 amide bonds. The predicted octanol–water partition coefficient (Wildman–Crippen LogP) is 1.53. The lowest BCUT2D eigenvalue weighted by Crippen LogP contribution is -2.56. The summed E-state index contributed by atoms with van der Waals surface area (Å²) in [5, 5.41) is 2.86. The summed E-state index contributed by atoms with van der Waals surface area (Å²) in [6.07, 6.45) is 2.06. The number of anilines is 1. The van der Waals surface area contributed by atoms with Gasteiger partial charge in [-0.1, -0.05) is 12.1 Å². The smallest absolute Gasteiger partial charge is 0.237 e. The van der Waals surface area contributed by atoms with Crippen LogP contribution in [0.5, 0.6) is 0 Å². The zero-order valence-electron chi connectivity index (χ0n) is 17.0. The summed E-state index contributed by atoms with van der Waals surface area (Å²) in [5.74, 6) is -0.622. The summed E-state index contributed by atoms with van der Waals surface area (Å²) in [6, 6.07) is 8.19. The van der Waals surface area contributed by atoms with Crippen LogP contribution in [0.1, 0.15) is 25.3 Å². The number of piperazine rings is 1. The maximum Gasteiger partial charge on any atom is 0.237 e. The molecule has 1 heterocycles. The molecule has 1 unspecified atom stereocenters. The third-order valence-electron chi connectivity index (χ3n) is 5.64. The van der Waals surface area contributed by atoms with Crippen LogP contribution < -0.4 is 16.0 Å². The lowest BCUT2D eigenvalue weighted by Gasteiger charge is -2.36. The molecule has 3 N–H and O–H groups in total. The van der Waals surface area contributed by atoms with Gasteiger partial charge in [0.2, 0.25) is 15.9 Å². The Hall–Kier alpha value is -1.06. The van der Waals surface area contributed by atoms with Gasteiger partial charge in [0.05, 0.1) is 5.54 Å². The highest BCUT2D eigenvalue weighted by Crippen LogP contribution is 2.38. The molecule has 1 aromatic rings. The minimum Gasteiger partial charge on any atom is -0.369 e. The Labute approximate surface area is 186 Å². The van der Waals surface area contributed by atoms with Crippen molar-refractivity contribution in [1.82, 2.24) is 9.62 Å². The van der Waals surface area contributed by atoms with E-state index in [0.29, 0.717) is 38.6 Å². The Balaban J connectivity index is 0.00000210. The monoisotopic (exact) mass is 466 g/mol. The second kappa shape index (κ2) is 10.3. The van der Waals surface area contributed by atoms with Crippen molar-refractivity contribution in [2.75, 3.05) is 43.4 Å². The fraction of sp³-hybridized carbons (Fsp3) is 0.632. The molecule has 1 saturated carbocycles. The maximum atomic E-state index is 12.7. The number of aryl methyl sites for hydroxylation is 1. The Morgan fingerprint density at radius 2 is 1.83 bits per heavy atom. The van der Waals surface area contributed by atoms with E-state index in [0.717, 1.165) is 18.5 Å². The highest BCUT2D eigenvalue weighted by Gasteiger charge is 2.42. The normalized spacial score (nSPS) is 19.5. The van der Waals surface area contributed by atoms with Gasteiger partial charge in [-0.2, -0.15) is 4.31 Å². The Bertz CT molecular complexity index is 796. The second-order valence-electron chi connectivity index (χ2n) is 7.93. The van der Waals surface area contributed by atoms with Gasteiger partial charge in [-0.05, 0) is 50.3 Å². The summed E-state index contributed by atoms with van der Waals surface area (Å²) in [5.41, 5.74) is 7.58. The molecule has 1 aromatic carbocycles. The van der Waals surface area contributed by atoms with Crippen molar-refractivity contribution in [1.29, 1.82) is 0 Å². The molecule has 29 heavy (non-hydrogen) atoms. The molecule has 1 saturated heterocycles. The number of nitrogens with two attached hydrogens (primary N) is 1. The Morgan fingerprint density at radius 1 is 1.21 bits per heavy atom. The molecule has 2 fully saturated rings. The number of benzene rings is 1. The van der Waals surface area contributed by atoms with Crippen molar-refractivity contribution in [2.45, 2.75) is 32.2 Å². The van der Waals surface area contributed by atoms with Gasteiger partial charge in [-0.15, -0.1) is 24.8 Å². The maximum absolute atomic E-state index is 12.7. The van der Waals surface area contributed by atoms with Crippen LogP contribution in [0.15, 0.2) is 24.3 Å². The summed E-state index contributed by atoms with van der Waals surface area (Å²) < 4.78 is 26.8. The van der Waals surface area contributed by atoms with Crippen LogP contribution in [0.4, 0.5) is 5.69 Å². The number of hydrogen-bond acceptors (Lipinski definition) is 5. The molecule has 0 spiro atoms. The number of nitrogens with one attached hydrogen (secondary N) is 1. The predicted molar refractivity (Wildman–Crippen MR) is 122 cm³/mol. The first-order valence-electron chi connectivity index (χ1n) is 9.54. The van der Waals surface area contributed by atoms with Crippen molar-refractivity contribution in [3.63, 3.8) is 0 Å². The van der Waals surface area contributed by atoms with Crippen LogP contribution in [-0.4, -0.2) is 62.6 Å². The molecule has 2 aliphatic rings. The van der Waals surface area contributed by atoms with Gasteiger partial charge < -0.3 is 16.0 Å². The first-order valence-corrected chi connectivity index (χ1v) is 11.1. The van der Waals surface area contributed by atoms with Crippen LogP contribution >= 0.6 is 24.8 Å². The summed E-state index contributed by atoms with van der Waals surface area (Å²) in [7, 11) is -3.63. The molecule has 3 rings (SSSR count).